The summed E-state index contributed by atoms with van der Waals surface area (Å²) in [5.74, 6) is 0.282. The van der Waals surface area contributed by atoms with Crippen LogP contribution < -0.4 is 5.73 Å². The van der Waals surface area contributed by atoms with Crippen LogP contribution in [-0.2, 0) is 14.6 Å². The molecular weight excluding hydrogens is 252 g/mol. The summed E-state index contributed by atoms with van der Waals surface area (Å²) >= 11 is 0. The SMILES string of the molecule is CCC(CC)(CN)C(=O)N1CCCS(=O)(=O)CC1. The normalized spacial score (nSPS) is 20.5. The molecule has 0 unspecified atom stereocenters. The summed E-state index contributed by atoms with van der Waals surface area (Å²) < 4.78 is 23.1. The lowest BCUT2D eigenvalue weighted by molar-refractivity contribution is -0.141. The molecule has 0 aromatic heterocycles. The van der Waals surface area contributed by atoms with Gasteiger partial charge in [0.1, 0.15) is 0 Å². The number of nitrogens with zero attached hydrogens (tertiary/aromatic N) is 1. The van der Waals surface area contributed by atoms with Gasteiger partial charge in [0.25, 0.3) is 0 Å². The standard InChI is InChI=1S/C12H24N2O3S/c1-3-12(4-2,10-13)11(15)14-6-5-8-18(16,17)9-7-14/h3-10,13H2,1-2H3. The van der Waals surface area contributed by atoms with Crippen molar-refractivity contribution in [3.05, 3.63) is 0 Å². The second-order valence-electron chi connectivity index (χ2n) is 4.99. The summed E-state index contributed by atoms with van der Waals surface area (Å²) in [5.41, 5.74) is 5.24. The number of hydrogen-bond acceptors (Lipinski definition) is 4. The second-order valence-corrected chi connectivity index (χ2v) is 7.29. The van der Waals surface area contributed by atoms with E-state index in [4.69, 9.17) is 5.73 Å². The zero-order valence-electron chi connectivity index (χ0n) is 11.3. The van der Waals surface area contributed by atoms with Crippen LogP contribution >= 0.6 is 0 Å². The Morgan fingerprint density at radius 3 is 2.33 bits per heavy atom. The van der Waals surface area contributed by atoms with Crippen LogP contribution in [-0.4, -0.2) is 50.4 Å². The number of carbonyl (C=O) groups excluding carboxylic acids is 1. The fourth-order valence-electron chi connectivity index (χ4n) is 2.41. The van der Waals surface area contributed by atoms with Gasteiger partial charge in [-0.15, -0.1) is 0 Å². The van der Waals surface area contributed by atoms with E-state index in [1.165, 1.54) is 0 Å². The highest BCUT2D eigenvalue weighted by Crippen LogP contribution is 2.28. The average molecular weight is 276 g/mol. The number of carbonyl (C=O) groups is 1. The van der Waals surface area contributed by atoms with Crippen molar-refractivity contribution in [3.8, 4) is 0 Å². The van der Waals surface area contributed by atoms with Crippen LogP contribution in [0.3, 0.4) is 0 Å². The van der Waals surface area contributed by atoms with Crippen LogP contribution in [0.5, 0.6) is 0 Å². The molecule has 1 aliphatic rings. The molecule has 18 heavy (non-hydrogen) atoms. The van der Waals surface area contributed by atoms with E-state index >= 15 is 0 Å². The molecule has 2 N–H and O–H groups in total. The molecule has 5 nitrogen and oxygen atoms in total. The van der Waals surface area contributed by atoms with E-state index in [0.717, 1.165) is 0 Å². The van der Waals surface area contributed by atoms with Gasteiger partial charge >= 0.3 is 0 Å². The van der Waals surface area contributed by atoms with E-state index in [-0.39, 0.29) is 17.4 Å². The van der Waals surface area contributed by atoms with Crippen LogP contribution in [0.15, 0.2) is 0 Å². The molecule has 106 valence electrons. The van der Waals surface area contributed by atoms with E-state index in [1.54, 1.807) is 4.90 Å². The van der Waals surface area contributed by atoms with Gasteiger partial charge in [-0.05, 0) is 19.3 Å². The number of nitrogens with two attached hydrogens (primary N) is 1. The molecule has 0 saturated carbocycles. The van der Waals surface area contributed by atoms with E-state index in [9.17, 15) is 13.2 Å². The van der Waals surface area contributed by atoms with Crippen LogP contribution in [0.2, 0.25) is 0 Å². The van der Waals surface area contributed by atoms with Gasteiger partial charge in [-0.25, -0.2) is 8.42 Å². The largest absolute Gasteiger partial charge is 0.341 e. The second kappa shape index (κ2) is 6.02. The minimum absolute atomic E-state index is 0.0205. The van der Waals surface area contributed by atoms with Crippen molar-refractivity contribution in [2.75, 3.05) is 31.1 Å². The maximum absolute atomic E-state index is 12.5. The zero-order valence-corrected chi connectivity index (χ0v) is 12.1. The summed E-state index contributed by atoms with van der Waals surface area (Å²) in [6, 6.07) is 0. The summed E-state index contributed by atoms with van der Waals surface area (Å²) in [6.45, 7) is 5.08. The van der Waals surface area contributed by atoms with Gasteiger partial charge in [-0.1, -0.05) is 13.8 Å². The topological polar surface area (TPSA) is 80.5 Å². The zero-order chi connectivity index (χ0) is 13.8. The molecule has 1 rings (SSSR count). The van der Waals surface area contributed by atoms with Crippen LogP contribution in [0, 0.1) is 5.41 Å². The predicted octanol–water partition coefficient (Wildman–Crippen LogP) is 0.399. The summed E-state index contributed by atoms with van der Waals surface area (Å²) in [6.07, 6.45) is 1.92. The minimum atomic E-state index is -2.98. The number of hydrogen-bond donors (Lipinski definition) is 1. The maximum Gasteiger partial charge on any atom is 0.230 e. The van der Waals surface area contributed by atoms with E-state index in [2.05, 4.69) is 0 Å². The van der Waals surface area contributed by atoms with E-state index in [1.807, 2.05) is 13.8 Å². The molecular formula is C12H24N2O3S. The van der Waals surface area contributed by atoms with Crippen LogP contribution in [0.1, 0.15) is 33.1 Å². The number of amides is 1. The fraction of sp³-hybridized carbons (Fsp3) is 0.917. The highest BCUT2D eigenvalue weighted by molar-refractivity contribution is 7.91. The van der Waals surface area contributed by atoms with Crippen LogP contribution in [0.25, 0.3) is 0 Å². The Morgan fingerprint density at radius 1 is 1.22 bits per heavy atom. The third kappa shape index (κ3) is 3.23. The first-order valence-electron chi connectivity index (χ1n) is 6.60. The third-order valence-electron chi connectivity index (χ3n) is 4.04. The Kier molecular flexibility index (Phi) is 5.16. The molecule has 1 aliphatic heterocycles. The molecule has 0 bridgehead atoms. The average Bonchev–Trinajstić information content (AvgIpc) is 2.53. The molecule has 1 amide bonds. The first kappa shape index (κ1) is 15.4. The van der Waals surface area contributed by atoms with Gasteiger partial charge in [0, 0.05) is 19.6 Å². The highest BCUT2D eigenvalue weighted by Gasteiger charge is 2.37. The van der Waals surface area contributed by atoms with Crippen LogP contribution in [0.4, 0.5) is 0 Å². The van der Waals surface area contributed by atoms with Crippen molar-refractivity contribution >= 4 is 15.7 Å². The number of rotatable bonds is 4. The van der Waals surface area contributed by atoms with Gasteiger partial charge in [0.05, 0.1) is 16.9 Å². The molecule has 0 aromatic rings. The van der Waals surface area contributed by atoms with Gasteiger partial charge in [0.15, 0.2) is 9.84 Å². The monoisotopic (exact) mass is 276 g/mol. The molecule has 1 saturated heterocycles. The smallest absolute Gasteiger partial charge is 0.230 e. The van der Waals surface area contributed by atoms with Gasteiger partial charge in [-0.3, -0.25) is 4.79 Å². The van der Waals surface area contributed by atoms with Crippen molar-refractivity contribution in [2.45, 2.75) is 33.1 Å². The third-order valence-corrected chi connectivity index (χ3v) is 5.76. The maximum atomic E-state index is 12.5. The summed E-state index contributed by atoms with van der Waals surface area (Å²) in [4.78, 5) is 14.2. The van der Waals surface area contributed by atoms with Gasteiger partial charge in [-0.2, -0.15) is 0 Å². The first-order chi connectivity index (χ1) is 8.40. The molecule has 0 radical (unpaired) electrons. The Balaban J connectivity index is 2.83. The molecule has 1 fully saturated rings. The molecule has 1 heterocycles. The Labute approximate surface area is 110 Å². The fourth-order valence-corrected chi connectivity index (χ4v) is 3.68. The Hall–Kier alpha value is -0.620. The summed E-state index contributed by atoms with van der Waals surface area (Å²) in [7, 11) is -2.98. The lowest BCUT2D eigenvalue weighted by atomic mass is 9.81. The Bertz CT molecular complexity index is 380. The molecule has 0 atom stereocenters. The van der Waals surface area contributed by atoms with E-state index < -0.39 is 15.3 Å². The predicted molar refractivity (Wildman–Crippen MR) is 71.9 cm³/mol. The Morgan fingerprint density at radius 2 is 1.83 bits per heavy atom. The summed E-state index contributed by atoms with van der Waals surface area (Å²) in [5, 5.41) is 0. The number of sulfone groups is 1. The quantitative estimate of drug-likeness (QED) is 0.806. The van der Waals surface area contributed by atoms with Crippen molar-refractivity contribution in [1.29, 1.82) is 0 Å². The highest BCUT2D eigenvalue weighted by atomic mass is 32.2. The first-order valence-corrected chi connectivity index (χ1v) is 8.43. The van der Waals surface area contributed by atoms with Crippen molar-refractivity contribution in [3.63, 3.8) is 0 Å². The minimum Gasteiger partial charge on any atom is -0.341 e. The van der Waals surface area contributed by atoms with Gasteiger partial charge in [0.2, 0.25) is 5.91 Å². The molecule has 0 spiro atoms. The molecule has 0 aromatic carbocycles. The lowest BCUT2D eigenvalue weighted by Crippen LogP contribution is -2.48. The van der Waals surface area contributed by atoms with Crippen molar-refractivity contribution < 1.29 is 13.2 Å². The van der Waals surface area contributed by atoms with Crippen molar-refractivity contribution in [2.24, 2.45) is 11.1 Å². The van der Waals surface area contributed by atoms with Gasteiger partial charge < -0.3 is 10.6 Å². The van der Waals surface area contributed by atoms with E-state index in [0.29, 0.717) is 38.9 Å². The molecule has 0 aliphatic carbocycles. The molecule has 6 heteroatoms. The lowest BCUT2D eigenvalue weighted by Gasteiger charge is -2.34. The van der Waals surface area contributed by atoms with Crippen molar-refractivity contribution in [1.82, 2.24) is 4.90 Å².